The predicted octanol–water partition coefficient (Wildman–Crippen LogP) is 3.63. The van der Waals surface area contributed by atoms with Crippen LogP contribution in [-0.2, 0) is 9.59 Å². The van der Waals surface area contributed by atoms with Crippen LogP contribution in [0.1, 0.15) is 51.9 Å². The lowest BCUT2D eigenvalue weighted by atomic mass is 10.1. The first kappa shape index (κ1) is 18.5. The first-order valence-corrected chi connectivity index (χ1v) is 9.09. The molecule has 0 unspecified atom stereocenters. The number of carbonyl (C=O) groups is 2. The summed E-state index contributed by atoms with van der Waals surface area (Å²) >= 11 is 0. The van der Waals surface area contributed by atoms with Crippen LogP contribution in [0.3, 0.4) is 0 Å². The highest BCUT2D eigenvalue weighted by atomic mass is 16.2. The van der Waals surface area contributed by atoms with Crippen molar-refractivity contribution in [3.05, 3.63) is 24.3 Å². The minimum absolute atomic E-state index is 0.00308. The second kappa shape index (κ2) is 10.1. The van der Waals surface area contributed by atoms with E-state index in [9.17, 15) is 9.59 Å². The summed E-state index contributed by atoms with van der Waals surface area (Å²) in [7, 11) is 0. The standard InChI is InChI=1S/C19H29N3O2/c1-2-3-5-11-18(23)20-16-9-8-10-17(14-16)21-19(24)15-22-12-6-4-7-13-22/h8-10,14H,2-7,11-13,15H2,1H3,(H,20,23)(H,21,24). The fraction of sp³-hybridized carbons (Fsp3) is 0.579. The molecule has 0 atom stereocenters. The third kappa shape index (κ3) is 6.71. The number of likely N-dealkylation sites (tertiary alicyclic amines) is 1. The molecule has 2 N–H and O–H groups in total. The average Bonchev–Trinajstić information content (AvgIpc) is 2.56. The summed E-state index contributed by atoms with van der Waals surface area (Å²) in [5, 5.41) is 5.82. The Labute approximate surface area is 144 Å². The van der Waals surface area contributed by atoms with E-state index >= 15 is 0 Å². The number of carbonyl (C=O) groups excluding carboxylic acids is 2. The van der Waals surface area contributed by atoms with E-state index in [0.717, 1.165) is 43.7 Å². The van der Waals surface area contributed by atoms with Crippen molar-refractivity contribution in [3.63, 3.8) is 0 Å². The molecule has 0 saturated carbocycles. The fourth-order valence-corrected chi connectivity index (χ4v) is 2.95. The Morgan fingerprint density at radius 3 is 2.33 bits per heavy atom. The molecule has 1 saturated heterocycles. The summed E-state index contributed by atoms with van der Waals surface area (Å²) in [6.45, 7) is 4.56. The van der Waals surface area contributed by atoms with E-state index < -0.39 is 0 Å². The minimum Gasteiger partial charge on any atom is -0.326 e. The minimum atomic E-state index is 0.00308. The van der Waals surface area contributed by atoms with Gasteiger partial charge in [-0.3, -0.25) is 14.5 Å². The zero-order valence-electron chi connectivity index (χ0n) is 14.6. The molecule has 132 valence electrons. The monoisotopic (exact) mass is 331 g/mol. The number of hydrogen-bond acceptors (Lipinski definition) is 3. The quantitative estimate of drug-likeness (QED) is 0.715. The van der Waals surface area contributed by atoms with E-state index in [1.165, 1.54) is 19.3 Å². The average molecular weight is 331 g/mol. The third-order valence-corrected chi connectivity index (χ3v) is 4.25. The summed E-state index contributed by atoms with van der Waals surface area (Å²) in [6.07, 6.45) is 7.23. The van der Waals surface area contributed by atoms with Gasteiger partial charge in [0.25, 0.3) is 0 Å². The van der Waals surface area contributed by atoms with Gasteiger partial charge in [0.05, 0.1) is 6.54 Å². The first-order valence-electron chi connectivity index (χ1n) is 9.09. The van der Waals surface area contributed by atoms with Crippen molar-refractivity contribution in [2.24, 2.45) is 0 Å². The van der Waals surface area contributed by atoms with Crippen LogP contribution in [0.25, 0.3) is 0 Å². The van der Waals surface area contributed by atoms with Crippen LogP contribution >= 0.6 is 0 Å². The van der Waals surface area contributed by atoms with Gasteiger partial charge in [-0.05, 0) is 50.6 Å². The molecule has 5 heteroatoms. The maximum Gasteiger partial charge on any atom is 0.238 e. The van der Waals surface area contributed by atoms with Crippen molar-refractivity contribution >= 4 is 23.2 Å². The number of unbranched alkanes of at least 4 members (excludes halogenated alkanes) is 2. The highest BCUT2D eigenvalue weighted by Gasteiger charge is 2.14. The molecule has 1 fully saturated rings. The van der Waals surface area contributed by atoms with Crippen LogP contribution < -0.4 is 10.6 Å². The molecular formula is C19H29N3O2. The van der Waals surface area contributed by atoms with Crippen LogP contribution in [-0.4, -0.2) is 36.3 Å². The van der Waals surface area contributed by atoms with Crippen molar-refractivity contribution in [1.29, 1.82) is 0 Å². The molecule has 0 spiro atoms. The van der Waals surface area contributed by atoms with E-state index in [2.05, 4.69) is 22.5 Å². The predicted molar refractivity (Wildman–Crippen MR) is 98.1 cm³/mol. The molecule has 1 aliphatic rings. The van der Waals surface area contributed by atoms with E-state index in [-0.39, 0.29) is 11.8 Å². The number of piperidine rings is 1. The molecule has 0 aromatic heterocycles. The van der Waals surface area contributed by atoms with E-state index in [1.807, 2.05) is 24.3 Å². The second-order valence-electron chi connectivity index (χ2n) is 6.47. The van der Waals surface area contributed by atoms with Crippen molar-refractivity contribution in [2.75, 3.05) is 30.3 Å². The maximum absolute atomic E-state index is 12.1. The van der Waals surface area contributed by atoms with Gasteiger partial charge in [0.1, 0.15) is 0 Å². The highest BCUT2D eigenvalue weighted by Crippen LogP contribution is 2.16. The molecule has 1 aromatic rings. The van der Waals surface area contributed by atoms with Crippen LogP contribution in [0.5, 0.6) is 0 Å². The molecule has 1 aliphatic heterocycles. The number of anilines is 2. The Hall–Kier alpha value is -1.88. The molecule has 5 nitrogen and oxygen atoms in total. The van der Waals surface area contributed by atoms with Gasteiger partial charge in [-0.25, -0.2) is 0 Å². The van der Waals surface area contributed by atoms with E-state index in [0.29, 0.717) is 13.0 Å². The number of rotatable bonds is 8. The first-order chi connectivity index (χ1) is 11.7. The van der Waals surface area contributed by atoms with Crippen molar-refractivity contribution < 1.29 is 9.59 Å². The van der Waals surface area contributed by atoms with Gasteiger partial charge in [0, 0.05) is 17.8 Å². The van der Waals surface area contributed by atoms with Crippen molar-refractivity contribution in [3.8, 4) is 0 Å². The normalized spacial score (nSPS) is 15.0. The molecule has 0 radical (unpaired) electrons. The summed E-state index contributed by atoms with van der Waals surface area (Å²) in [5.41, 5.74) is 1.45. The zero-order valence-corrected chi connectivity index (χ0v) is 14.6. The number of amides is 2. The Kier molecular flexibility index (Phi) is 7.75. The van der Waals surface area contributed by atoms with Crippen molar-refractivity contribution in [1.82, 2.24) is 4.90 Å². The summed E-state index contributed by atoms with van der Waals surface area (Å²) < 4.78 is 0. The van der Waals surface area contributed by atoms with Crippen LogP contribution in [0.2, 0.25) is 0 Å². The third-order valence-electron chi connectivity index (χ3n) is 4.25. The van der Waals surface area contributed by atoms with Crippen LogP contribution in [0.4, 0.5) is 11.4 Å². The number of nitrogens with one attached hydrogen (secondary N) is 2. The summed E-state index contributed by atoms with van der Waals surface area (Å²) in [4.78, 5) is 26.2. The molecule has 2 rings (SSSR count). The Morgan fingerprint density at radius 2 is 1.67 bits per heavy atom. The smallest absolute Gasteiger partial charge is 0.238 e. The lowest BCUT2D eigenvalue weighted by molar-refractivity contribution is -0.117. The second-order valence-corrected chi connectivity index (χ2v) is 6.47. The van der Waals surface area contributed by atoms with Gasteiger partial charge in [0.2, 0.25) is 11.8 Å². The topological polar surface area (TPSA) is 61.4 Å². The molecule has 1 aromatic carbocycles. The van der Waals surface area contributed by atoms with E-state index in [1.54, 1.807) is 0 Å². The molecule has 0 bridgehead atoms. The summed E-state index contributed by atoms with van der Waals surface area (Å²) in [5.74, 6) is 0.0311. The molecule has 1 heterocycles. The lowest BCUT2D eigenvalue weighted by Gasteiger charge is -2.25. The Bertz CT molecular complexity index is 539. The van der Waals surface area contributed by atoms with Gasteiger partial charge < -0.3 is 10.6 Å². The Balaban J connectivity index is 1.80. The van der Waals surface area contributed by atoms with Gasteiger partial charge in [-0.1, -0.05) is 32.3 Å². The maximum atomic E-state index is 12.1. The molecule has 24 heavy (non-hydrogen) atoms. The zero-order chi connectivity index (χ0) is 17.2. The fourth-order valence-electron chi connectivity index (χ4n) is 2.95. The molecular weight excluding hydrogens is 302 g/mol. The Morgan fingerprint density at radius 1 is 1.00 bits per heavy atom. The SMILES string of the molecule is CCCCCC(=O)Nc1cccc(NC(=O)CN2CCCCC2)c1. The van der Waals surface area contributed by atoms with Gasteiger partial charge >= 0.3 is 0 Å². The van der Waals surface area contributed by atoms with Gasteiger partial charge in [0.15, 0.2) is 0 Å². The van der Waals surface area contributed by atoms with Crippen molar-refractivity contribution in [2.45, 2.75) is 51.9 Å². The van der Waals surface area contributed by atoms with Gasteiger partial charge in [-0.2, -0.15) is 0 Å². The van der Waals surface area contributed by atoms with E-state index in [4.69, 9.17) is 0 Å². The number of benzene rings is 1. The van der Waals surface area contributed by atoms with Crippen LogP contribution in [0, 0.1) is 0 Å². The number of hydrogen-bond donors (Lipinski definition) is 2. The highest BCUT2D eigenvalue weighted by molar-refractivity contribution is 5.94. The number of nitrogens with zero attached hydrogens (tertiary/aromatic N) is 1. The van der Waals surface area contributed by atoms with Crippen LogP contribution in [0.15, 0.2) is 24.3 Å². The lowest BCUT2D eigenvalue weighted by Crippen LogP contribution is -2.36. The van der Waals surface area contributed by atoms with Gasteiger partial charge in [-0.15, -0.1) is 0 Å². The largest absolute Gasteiger partial charge is 0.326 e. The molecule has 2 amide bonds. The molecule has 0 aliphatic carbocycles. The summed E-state index contributed by atoms with van der Waals surface area (Å²) in [6, 6.07) is 7.35.